The Morgan fingerprint density at radius 2 is 1.90 bits per heavy atom. The maximum atomic E-state index is 12.6. The molecule has 4 rings (SSSR count). The Labute approximate surface area is 172 Å². The topological polar surface area (TPSA) is 93.8 Å². The molecule has 3 aromatic heterocycles. The van der Waals surface area contributed by atoms with Gasteiger partial charge < -0.3 is 14.6 Å². The van der Waals surface area contributed by atoms with Crippen LogP contribution in [0.2, 0.25) is 0 Å². The normalized spacial score (nSPS) is 12.5. The molecule has 1 aromatic carbocycles. The molecule has 4 aromatic rings. The van der Waals surface area contributed by atoms with Crippen LogP contribution in [0.1, 0.15) is 17.2 Å². The third kappa shape index (κ3) is 4.14. The molecule has 8 heteroatoms. The highest BCUT2D eigenvalue weighted by Crippen LogP contribution is 2.05. The first-order valence-corrected chi connectivity index (χ1v) is 9.84. The molecule has 0 saturated heterocycles. The summed E-state index contributed by atoms with van der Waals surface area (Å²) in [5.41, 5.74) is 2.58. The van der Waals surface area contributed by atoms with Gasteiger partial charge in [-0.2, -0.15) is 0 Å². The van der Waals surface area contributed by atoms with E-state index >= 15 is 0 Å². The molecule has 0 aliphatic heterocycles. The predicted octanol–water partition coefficient (Wildman–Crippen LogP) is 0.471. The SMILES string of the molecule is COCC[NH+](Cc1cc(=O)n2c(C)cccc2n1)Cc1nc2ccccc2c(=O)[nH]1. The van der Waals surface area contributed by atoms with E-state index in [-0.39, 0.29) is 11.1 Å². The van der Waals surface area contributed by atoms with Gasteiger partial charge in [0.2, 0.25) is 0 Å². The second kappa shape index (κ2) is 8.56. The van der Waals surface area contributed by atoms with Gasteiger partial charge in [0.1, 0.15) is 31.0 Å². The number of nitrogens with zero attached hydrogens (tertiary/aromatic N) is 3. The number of aromatic nitrogens is 4. The van der Waals surface area contributed by atoms with Crippen LogP contribution in [0.4, 0.5) is 0 Å². The number of hydrogen-bond donors (Lipinski definition) is 2. The monoisotopic (exact) mass is 406 g/mol. The number of ether oxygens (including phenoxy) is 1. The Morgan fingerprint density at radius 1 is 1.07 bits per heavy atom. The first-order valence-electron chi connectivity index (χ1n) is 9.84. The molecule has 3 heterocycles. The molecular formula is C22H24N5O3+. The van der Waals surface area contributed by atoms with E-state index in [1.54, 1.807) is 23.6 Å². The van der Waals surface area contributed by atoms with Gasteiger partial charge in [-0.25, -0.2) is 9.97 Å². The van der Waals surface area contributed by atoms with Gasteiger partial charge >= 0.3 is 0 Å². The number of hydrogen-bond acceptors (Lipinski definition) is 5. The van der Waals surface area contributed by atoms with Crippen LogP contribution >= 0.6 is 0 Å². The van der Waals surface area contributed by atoms with Crippen molar-refractivity contribution in [3.05, 3.63) is 86.5 Å². The number of para-hydroxylation sites is 1. The van der Waals surface area contributed by atoms with Gasteiger partial charge in [-0.05, 0) is 31.2 Å². The van der Waals surface area contributed by atoms with E-state index in [1.807, 2.05) is 43.3 Å². The lowest BCUT2D eigenvalue weighted by Gasteiger charge is -2.19. The third-order valence-corrected chi connectivity index (χ3v) is 5.10. The van der Waals surface area contributed by atoms with Gasteiger partial charge in [-0.3, -0.25) is 14.0 Å². The smallest absolute Gasteiger partial charge is 0.258 e. The van der Waals surface area contributed by atoms with Crippen LogP contribution in [-0.4, -0.2) is 39.6 Å². The summed E-state index contributed by atoms with van der Waals surface area (Å²) in [6.07, 6.45) is 0. The molecule has 8 nitrogen and oxygen atoms in total. The zero-order valence-electron chi connectivity index (χ0n) is 17.0. The number of aryl methyl sites for hydroxylation is 1. The van der Waals surface area contributed by atoms with Gasteiger partial charge in [-0.1, -0.05) is 18.2 Å². The quantitative estimate of drug-likeness (QED) is 0.465. The van der Waals surface area contributed by atoms with Crippen LogP contribution in [0.15, 0.2) is 58.1 Å². The maximum absolute atomic E-state index is 12.6. The number of H-pyrrole nitrogens is 1. The van der Waals surface area contributed by atoms with Crippen LogP contribution in [0.3, 0.4) is 0 Å². The van der Waals surface area contributed by atoms with Crippen LogP contribution in [0.5, 0.6) is 0 Å². The average molecular weight is 406 g/mol. The molecule has 0 radical (unpaired) electrons. The summed E-state index contributed by atoms with van der Waals surface area (Å²) in [6.45, 7) is 4.10. The summed E-state index contributed by atoms with van der Waals surface area (Å²) in [5.74, 6) is 0.596. The van der Waals surface area contributed by atoms with Crippen molar-refractivity contribution in [3.63, 3.8) is 0 Å². The van der Waals surface area contributed by atoms with Gasteiger partial charge in [0, 0.05) is 18.9 Å². The molecule has 1 unspecified atom stereocenters. The lowest BCUT2D eigenvalue weighted by atomic mass is 10.2. The number of quaternary nitrogens is 1. The van der Waals surface area contributed by atoms with Gasteiger partial charge in [0.15, 0.2) is 5.82 Å². The molecule has 0 saturated carbocycles. The molecule has 0 amide bonds. The minimum atomic E-state index is -0.153. The van der Waals surface area contributed by atoms with E-state index < -0.39 is 0 Å². The molecule has 0 aliphatic rings. The minimum absolute atomic E-state index is 0.101. The van der Waals surface area contributed by atoms with E-state index in [1.165, 1.54) is 0 Å². The molecule has 0 aliphatic carbocycles. The van der Waals surface area contributed by atoms with Crippen molar-refractivity contribution in [2.75, 3.05) is 20.3 Å². The highest BCUT2D eigenvalue weighted by atomic mass is 16.5. The number of rotatable bonds is 7. The first-order chi connectivity index (χ1) is 14.5. The van der Waals surface area contributed by atoms with Crippen LogP contribution < -0.4 is 16.0 Å². The van der Waals surface area contributed by atoms with Gasteiger partial charge in [0.25, 0.3) is 11.1 Å². The summed E-state index contributed by atoms with van der Waals surface area (Å²) in [4.78, 5) is 38.2. The standard InChI is InChI=1S/C22H23N5O3/c1-15-6-5-9-20-23-16(12-21(28)27(15)20)13-26(10-11-30-2)14-19-24-18-8-4-3-7-17(18)22(29)25-19/h3-9,12H,10-11,13-14H2,1-2H3,(H,24,25,29)/p+1. The zero-order chi connectivity index (χ0) is 21.1. The molecular weight excluding hydrogens is 382 g/mol. The van der Waals surface area contributed by atoms with Crippen LogP contribution in [0.25, 0.3) is 16.6 Å². The van der Waals surface area contributed by atoms with Crippen molar-refractivity contribution in [1.82, 2.24) is 19.4 Å². The van der Waals surface area contributed by atoms with Gasteiger partial charge in [-0.15, -0.1) is 0 Å². The van der Waals surface area contributed by atoms with E-state index in [9.17, 15) is 9.59 Å². The fourth-order valence-corrected chi connectivity index (χ4v) is 3.65. The van der Waals surface area contributed by atoms with E-state index in [4.69, 9.17) is 4.74 Å². The molecule has 30 heavy (non-hydrogen) atoms. The van der Waals surface area contributed by atoms with Crippen molar-refractivity contribution < 1.29 is 9.64 Å². The molecule has 1 atom stereocenters. The van der Waals surface area contributed by atoms with Crippen molar-refractivity contribution in [3.8, 4) is 0 Å². The van der Waals surface area contributed by atoms with Crippen LogP contribution in [0, 0.1) is 6.92 Å². The number of aromatic amines is 1. The van der Waals surface area contributed by atoms with Crippen molar-refractivity contribution >= 4 is 16.6 Å². The van der Waals surface area contributed by atoms with Crippen molar-refractivity contribution in [1.29, 1.82) is 0 Å². The Bertz CT molecular complexity index is 1310. The predicted molar refractivity (Wildman–Crippen MR) is 114 cm³/mol. The number of pyridine rings is 1. The Kier molecular flexibility index (Phi) is 5.69. The molecule has 0 bridgehead atoms. The fraction of sp³-hybridized carbons (Fsp3) is 0.273. The molecule has 2 N–H and O–H groups in total. The number of benzene rings is 1. The first kappa shape index (κ1) is 19.9. The summed E-state index contributed by atoms with van der Waals surface area (Å²) in [7, 11) is 1.65. The summed E-state index contributed by atoms with van der Waals surface area (Å²) in [6, 6.07) is 14.4. The lowest BCUT2D eigenvalue weighted by Crippen LogP contribution is -3.10. The van der Waals surface area contributed by atoms with E-state index in [2.05, 4.69) is 15.0 Å². The maximum Gasteiger partial charge on any atom is 0.258 e. The summed E-state index contributed by atoms with van der Waals surface area (Å²) >= 11 is 0. The summed E-state index contributed by atoms with van der Waals surface area (Å²) in [5, 5.41) is 0.569. The van der Waals surface area contributed by atoms with Crippen LogP contribution in [-0.2, 0) is 17.8 Å². The highest BCUT2D eigenvalue weighted by molar-refractivity contribution is 5.77. The van der Waals surface area contributed by atoms with Crippen molar-refractivity contribution in [2.45, 2.75) is 20.0 Å². The number of nitrogens with one attached hydrogen (secondary N) is 2. The number of fused-ring (bicyclic) bond motifs is 2. The second-order valence-electron chi connectivity index (χ2n) is 7.32. The van der Waals surface area contributed by atoms with E-state index in [0.717, 1.165) is 10.6 Å². The largest absolute Gasteiger partial charge is 0.379 e. The highest BCUT2D eigenvalue weighted by Gasteiger charge is 2.16. The average Bonchev–Trinajstić information content (AvgIpc) is 2.72. The summed E-state index contributed by atoms with van der Waals surface area (Å²) < 4.78 is 6.85. The van der Waals surface area contributed by atoms with Crippen molar-refractivity contribution in [2.24, 2.45) is 0 Å². The Hall–Kier alpha value is -3.36. The Balaban J connectivity index is 1.64. The minimum Gasteiger partial charge on any atom is -0.379 e. The zero-order valence-corrected chi connectivity index (χ0v) is 17.0. The molecule has 0 spiro atoms. The second-order valence-corrected chi connectivity index (χ2v) is 7.32. The Morgan fingerprint density at radius 3 is 2.73 bits per heavy atom. The lowest BCUT2D eigenvalue weighted by molar-refractivity contribution is -0.928. The molecule has 154 valence electrons. The van der Waals surface area contributed by atoms with E-state index in [0.29, 0.717) is 54.3 Å². The molecule has 0 fully saturated rings. The third-order valence-electron chi connectivity index (χ3n) is 5.10. The van der Waals surface area contributed by atoms with Gasteiger partial charge in [0.05, 0.1) is 17.5 Å². The number of methoxy groups -OCH3 is 1. The fourth-order valence-electron chi connectivity index (χ4n) is 3.65.